The fourth-order valence-electron chi connectivity index (χ4n) is 3.32. The lowest BCUT2D eigenvalue weighted by Crippen LogP contribution is -2.38. The van der Waals surface area contributed by atoms with E-state index in [2.05, 4.69) is 22.0 Å². The van der Waals surface area contributed by atoms with Crippen LogP contribution in [0.5, 0.6) is 0 Å². The molecule has 116 valence electrons. The molecule has 0 bridgehead atoms. The molecule has 0 fully saturated rings. The van der Waals surface area contributed by atoms with Crippen molar-refractivity contribution in [3.8, 4) is 0 Å². The van der Waals surface area contributed by atoms with Crippen molar-refractivity contribution in [3.63, 3.8) is 0 Å². The van der Waals surface area contributed by atoms with E-state index >= 15 is 0 Å². The molecule has 1 aromatic heterocycles. The summed E-state index contributed by atoms with van der Waals surface area (Å²) < 4.78 is 0. The van der Waals surface area contributed by atoms with Gasteiger partial charge in [-0.15, -0.1) is 0 Å². The first-order valence-electron chi connectivity index (χ1n) is 7.89. The first-order chi connectivity index (χ1) is 10.8. The second-order valence-electron chi connectivity index (χ2n) is 5.82. The van der Waals surface area contributed by atoms with Crippen LogP contribution in [-0.4, -0.2) is 28.1 Å². The van der Waals surface area contributed by atoms with Crippen LogP contribution in [0.1, 0.15) is 35.7 Å². The van der Waals surface area contributed by atoms with Crippen molar-refractivity contribution in [1.29, 1.82) is 0 Å². The average molecular weight is 298 g/mol. The molecule has 1 unspecified atom stereocenters. The zero-order chi connectivity index (χ0) is 15.4. The highest BCUT2D eigenvalue weighted by Gasteiger charge is 2.29. The summed E-state index contributed by atoms with van der Waals surface area (Å²) in [5.74, 6) is 0. The molecule has 1 aliphatic heterocycles. The molecule has 4 nitrogen and oxygen atoms in total. The maximum absolute atomic E-state index is 12.3. The van der Waals surface area contributed by atoms with Gasteiger partial charge in [0, 0.05) is 55.7 Å². The first kappa shape index (κ1) is 15.0. The number of H-pyrrole nitrogens is 1. The monoisotopic (exact) mass is 298 g/mol. The number of pyridine rings is 1. The van der Waals surface area contributed by atoms with Crippen LogP contribution in [0.15, 0.2) is 47.4 Å². The van der Waals surface area contributed by atoms with E-state index in [0.29, 0.717) is 6.42 Å². The average Bonchev–Trinajstić information content (AvgIpc) is 2.55. The molecule has 0 radical (unpaired) electrons. The summed E-state index contributed by atoms with van der Waals surface area (Å²) in [5.41, 5.74) is 3.31. The minimum atomic E-state index is 0.0843. The number of aliphatic hydroxyl groups excluding tert-OH is 1. The van der Waals surface area contributed by atoms with Crippen LogP contribution in [0, 0.1) is 0 Å². The van der Waals surface area contributed by atoms with E-state index in [1.807, 2.05) is 18.2 Å². The van der Waals surface area contributed by atoms with Gasteiger partial charge in [-0.25, -0.2) is 0 Å². The van der Waals surface area contributed by atoms with E-state index in [1.54, 1.807) is 12.3 Å². The molecular weight excluding hydrogens is 276 g/mol. The van der Waals surface area contributed by atoms with Crippen LogP contribution in [0.4, 0.5) is 0 Å². The summed E-state index contributed by atoms with van der Waals surface area (Å²) in [4.78, 5) is 17.9. The summed E-state index contributed by atoms with van der Waals surface area (Å²) in [7, 11) is 0. The fraction of sp³-hybridized carbons (Fsp3) is 0.389. The normalized spacial score (nSPS) is 18.1. The number of aromatic nitrogens is 1. The molecule has 0 spiro atoms. The number of nitrogens with zero attached hydrogens (tertiary/aromatic N) is 1. The van der Waals surface area contributed by atoms with Crippen molar-refractivity contribution in [1.82, 2.24) is 9.88 Å². The van der Waals surface area contributed by atoms with E-state index in [9.17, 15) is 9.90 Å². The molecule has 2 aromatic rings. The third kappa shape index (κ3) is 3.13. The summed E-state index contributed by atoms with van der Waals surface area (Å²) in [6, 6.07) is 12.0. The molecule has 22 heavy (non-hydrogen) atoms. The minimum absolute atomic E-state index is 0.0843. The molecule has 0 amide bonds. The second kappa shape index (κ2) is 6.90. The molecule has 0 saturated carbocycles. The maximum Gasteiger partial charge on any atom is 0.186 e. The van der Waals surface area contributed by atoms with Crippen molar-refractivity contribution in [3.05, 3.63) is 69.6 Å². The Hall–Kier alpha value is -1.91. The highest BCUT2D eigenvalue weighted by atomic mass is 16.2. The van der Waals surface area contributed by atoms with Gasteiger partial charge in [0.15, 0.2) is 5.43 Å². The number of nitrogens with one attached hydrogen (secondary N) is 1. The quantitative estimate of drug-likeness (QED) is 0.890. The van der Waals surface area contributed by atoms with Gasteiger partial charge in [0.2, 0.25) is 0 Å². The van der Waals surface area contributed by atoms with E-state index < -0.39 is 0 Å². The third-order valence-corrected chi connectivity index (χ3v) is 4.37. The summed E-state index contributed by atoms with van der Waals surface area (Å²) in [6.45, 7) is 1.93. The standard InChI is InChI=1S/C18H22N2O2/c21-12-4-7-16-18-15(19-10-8-17(18)22)9-11-20(16)13-14-5-2-1-3-6-14/h1-3,5-6,8,10,16,21H,4,7,9,11-13H2,(H,19,22). The Balaban J connectivity index is 1.90. The van der Waals surface area contributed by atoms with Gasteiger partial charge in [0.1, 0.15) is 0 Å². The van der Waals surface area contributed by atoms with E-state index in [-0.39, 0.29) is 18.1 Å². The molecule has 0 saturated heterocycles. The highest BCUT2D eigenvalue weighted by Crippen LogP contribution is 2.31. The largest absolute Gasteiger partial charge is 0.396 e. The van der Waals surface area contributed by atoms with Gasteiger partial charge in [-0.05, 0) is 18.4 Å². The number of hydrogen-bond acceptors (Lipinski definition) is 3. The van der Waals surface area contributed by atoms with E-state index in [1.165, 1.54) is 5.56 Å². The van der Waals surface area contributed by atoms with Crippen LogP contribution < -0.4 is 5.43 Å². The second-order valence-corrected chi connectivity index (χ2v) is 5.82. The zero-order valence-corrected chi connectivity index (χ0v) is 12.7. The highest BCUT2D eigenvalue weighted by molar-refractivity contribution is 5.27. The summed E-state index contributed by atoms with van der Waals surface area (Å²) >= 11 is 0. The van der Waals surface area contributed by atoms with Gasteiger partial charge < -0.3 is 10.1 Å². The van der Waals surface area contributed by atoms with Gasteiger partial charge in [0.25, 0.3) is 0 Å². The van der Waals surface area contributed by atoms with Crippen LogP contribution >= 0.6 is 0 Å². The van der Waals surface area contributed by atoms with Gasteiger partial charge >= 0.3 is 0 Å². The van der Waals surface area contributed by atoms with Crippen LogP contribution in [-0.2, 0) is 13.0 Å². The van der Waals surface area contributed by atoms with Gasteiger partial charge in [-0.3, -0.25) is 9.69 Å². The molecule has 2 N–H and O–H groups in total. The molecule has 4 heteroatoms. The predicted molar refractivity (Wildman–Crippen MR) is 86.7 cm³/mol. The lowest BCUT2D eigenvalue weighted by Gasteiger charge is -2.36. The minimum Gasteiger partial charge on any atom is -0.396 e. The number of fused-ring (bicyclic) bond motifs is 1. The molecule has 0 aliphatic carbocycles. The zero-order valence-electron chi connectivity index (χ0n) is 12.7. The Morgan fingerprint density at radius 3 is 2.82 bits per heavy atom. The lowest BCUT2D eigenvalue weighted by atomic mass is 9.92. The Labute approximate surface area is 130 Å². The lowest BCUT2D eigenvalue weighted by molar-refractivity contribution is 0.152. The van der Waals surface area contributed by atoms with Crippen molar-refractivity contribution < 1.29 is 5.11 Å². The number of hydrogen-bond donors (Lipinski definition) is 2. The molecule has 1 aliphatic rings. The van der Waals surface area contributed by atoms with Crippen molar-refractivity contribution >= 4 is 0 Å². The topological polar surface area (TPSA) is 56.3 Å². The van der Waals surface area contributed by atoms with Crippen molar-refractivity contribution in [2.45, 2.75) is 31.8 Å². The molecule has 1 aromatic carbocycles. The maximum atomic E-state index is 12.3. The number of rotatable bonds is 5. The SMILES string of the molecule is O=c1cc[nH]c2c1C(CCCO)N(Cc1ccccc1)CC2. The Morgan fingerprint density at radius 1 is 1.23 bits per heavy atom. The first-order valence-corrected chi connectivity index (χ1v) is 7.89. The van der Waals surface area contributed by atoms with Crippen LogP contribution in [0.25, 0.3) is 0 Å². The van der Waals surface area contributed by atoms with Crippen LogP contribution in [0.3, 0.4) is 0 Å². The molecule has 1 atom stereocenters. The van der Waals surface area contributed by atoms with E-state index in [4.69, 9.17) is 0 Å². The van der Waals surface area contributed by atoms with Gasteiger partial charge in [-0.2, -0.15) is 0 Å². The smallest absolute Gasteiger partial charge is 0.186 e. The fourth-order valence-corrected chi connectivity index (χ4v) is 3.32. The predicted octanol–water partition coefficient (Wildman–Crippen LogP) is 2.25. The Kier molecular flexibility index (Phi) is 4.71. The molecule has 3 rings (SSSR count). The number of aliphatic hydroxyl groups is 1. The molecule has 2 heterocycles. The number of benzene rings is 1. The number of aromatic amines is 1. The third-order valence-electron chi connectivity index (χ3n) is 4.37. The van der Waals surface area contributed by atoms with E-state index in [0.717, 1.165) is 37.2 Å². The van der Waals surface area contributed by atoms with Crippen molar-refractivity contribution in [2.75, 3.05) is 13.2 Å². The Bertz CT molecular complexity index is 666. The van der Waals surface area contributed by atoms with Gasteiger partial charge in [-0.1, -0.05) is 30.3 Å². The summed E-state index contributed by atoms with van der Waals surface area (Å²) in [5, 5.41) is 9.19. The molecular formula is C18H22N2O2. The summed E-state index contributed by atoms with van der Waals surface area (Å²) in [6.07, 6.45) is 4.12. The van der Waals surface area contributed by atoms with Crippen LogP contribution in [0.2, 0.25) is 0 Å². The van der Waals surface area contributed by atoms with Crippen molar-refractivity contribution in [2.24, 2.45) is 0 Å². The van der Waals surface area contributed by atoms with Gasteiger partial charge in [0.05, 0.1) is 0 Å². The Morgan fingerprint density at radius 2 is 2.05 bits per heavy atom.